The van der Waals surface area contributed by atoms with E-state index in [9.17, 15) is 4.79 Å². The van der Waals surface area contributed by atoms with Gasteiger partial charge in [-0.2, -0.15) is 0 Å². The molecule has 0 bridgehead atoms. The smallest absolute Gasteiger partial charge is 0.248 e. The van der Waals surface area contributed by atoms with E-state index >= 15 is 0 Å². The van der Waals surface area contributed by atoms with E-state index in [1.165, 1.54) is 0 Å². The van der Waals surface area contributed by atoms with Gasteiger partial charge < -0.3 is 10.3 Å². The van der Waals surface area contributed by atoms with Crippen molar-refractivity contribution >= 4 is 11.3 Å². The van der Waals surface area contributed by atoms with Gasteiger partial charge in [-0.15, -0.1) is 10.2 Å². The molecule has 0 aliphatic rings. The molecule has 0 aliphatic carbocycles. The molecule has 6 heteroatoms. The van der Waals surface area contributed by atoms with Gasteiger partial charge in [0.25, 0.3) is 0 Å². The number of hydrogen-bond acceptors (Lipinski definition) is 5. The summed E-state index contributed by atoms with van der Waals surface area (Å²) in [7, 11) is 0. The Morgan fingerprint density at radius 3 is 2.95 bits per heavy atom. The van der Waals surface area contributed by atoms with Crippen molar-refractivity contribution in [3.63, 3.8) is 0 Å². The molecule has 0 saturated carbocycles. The first kappa shape index (κ1) is 13.9. The summed E-state index contributed by atoms with van der Waals surface area (Å²) >= 11 is 1.54. The van der Waals surface area contributed by atoms with Gasteiger partial charge in [0.2, 0.25) is 5.56 Å². The van der Waals surface area contributed by atoms with Crippen molar-refractivity contribution in [3.8, 4) is 10.6 Å². The number of H-pyrrole nitrogens is 1. The molecule has 102 valence electrons. The first-order valence-electron chi connectivity index (χ1n) is 6.50. The Bertz CT molecular complexity index is 578. The molecule has 2 N–H and O–H groups in total. The van der Waals surface area contributed by atoms with Crippen LogP contribution in [0.25, 0.3) is 10.6 Å². The molecule has 0 aromatic carbocycles. The highest BCUT2D eigenvalue weighted by atomic mass is 32.1. The van der Waals surface area contributed by atoms with Crippen LogP contribution >= 0.6 is 11.3 Å². The molecule has 2 heterocycles. The zero-order chi connectivity index (χ0) is 13.7. The molecule has 2 rings (SSSR count). The standard InChI is InChI=1S/C13H18N4OS/c1-3-6-14-10(4-2)13-17-16-12(19-13)9-5-7-15-11(18)8-9/h5,7-8,10,14H,3-4,6H2,1-2H3,(H,15,18). The van der Waals surface area contributed by atoms with Crippen LogP contribution in [0.1, 0.15) is 37.7 Å². The van der Waals surface area contributed by atoms with Crippen LogP contribution in [0.5, 0.6) is 0 Å². The van der Waals surface area contributed by atoms with E-state index in [1.807, 2.05) is 6.07 Å². The molecule has 1 atom stereocenters. The van der Waals surface area contributed by atoms with E-state index in [2.05, 4.69) is 34.3 Å². The number of hydrogen-bond donors (Lipinski definition) is 2. The maximum absolute atomic E-state index is 11.3. The third kappa shape index (κ3) is 3.48. The summed E-state index contributed by atoms with van der Waals surface area (Å²) in [6.07, 6.45) is 3.70. The van der Waals surface area contributed by atoms with Crippen LogP contribution in [-0.2, 0) is 0 Å². The molecule has 0 fully saturated rings. The first-order chi connectivity index (χ1) is 9.24. The molecule has 2 aromatic heterocycles. The lowest BCUT2D eigenvalue weighted by Crippen LogP contribution is -2.21. The van der Waals surface area contributed by atoms with E-state index in [0.717, 1.165) is 35.0 Å². The Labute approximate surface area is 116 Å². The molecule has 0 spiro atoms. The fourth-order valence-corrected chi connectivity index (χ4v) is 2.79. The zero-order valence-corrected chi connectivity index (χ0v) is 12.0. The lowest BCUT2D eigenvalue weighted by Gasteiger charge is -2.12. The predicted molar refractivity (Wildman–Crippen MR) is 77.3 cm³/mol. The van der Waals surface area contributed by atoms with Crippen LogP contribution in [0.2, 0.25) is 0 Å². The van der Waals surface area contributed by atoms with Gasteiger partial charge in [-0.3, -0.25) is 4.79 Å². The minimum absolute atomic E-state index is 0.120. The molecule has 2 aromatic rings. The van der Waals surface area contributed by atoms with Gasteiger partial charge in [-0.1, -0.05) is 25.2 Å². The van der Waals surface area contributed by atoms with Crippen molar-refractivity contribution in [1.82, 2.24) is 20.5 Å². The second kappa shape index (κ2) is 6.58. The fraction of sp³-hybridized carbons (Fsp3) is 0.462. The summed E-state index contributed by atoms with van der Waals surface area (Å²) in [5.41, 5.74) is 0.697. The summed E-state index contributed by atoms with van der Waals surface area (Å²) in [5.74, 6) is 0. The summed E-state index contributed by atoms with van der Waals surface area (Å²) in [6, 6.07) is 3.63. The third-order valence-electron chi connectivity index (χ3n) is 2.81. The van der Waals surface area contributed by atoms with Crippen molar-refractivity contribution in [3.05, 3.63) is 33.7 Å². The average molecular weight is 278 g/mol. The SMILES string of the molecule is CCCNC(CC)c1nnc(-c2cc[nH]c(=O)c2)s1. The summed E-state index contributed by atoms with van der Waals surface area (Å²) in [6.45, 7) is 5.24. The quantitative estimate of drug-likeness (QED) is 0.851. The van der Waals surface area contributed by atoms with E-state index in [4.69, 9.17) is 0 Å². The van der Waals surface area contributed by atoms with Gasteiger partial charge in [0, 0.05) is 17.8 Å². The second-order valence-corrected chi connectivity index (χ2v) is 5.31. The Balaban J connectivity index is 2.20. The van der Waals surface area contributed by atoms with E-state index in [0.29, 0.717) is 0 Å². The fourth-order valence-electron chi connectivity index (χ4n) is 1.79. The average Bonchev–Trinajstić information content (AvgIpc) is 2.89. The van der Waals surface area contributed by atoms with E-state index < -0.39 is 0 Å². The van der Waals surface area contributed by atoms with Crippen molar-refractivity contribution in [2.24, 2.45) is 0 Å². The zero-order valence-electron chi connectivity index (χ0n) is 11.1. The van der Waals surface area contributed by atoms with Crippen molar-refractivity contribution in [2.75, 3.05) is 6.54 Å². The number of nitrogens with zero attached hydrogens (tertiary/aromatic N) is 2. The Morgan fingerprint density at radius 2 is 2.26 bits per heavy atom. The van der Waals surface area contributed by atoms with Crippen LogP contribution in [0.3, 0.4) is 0 Å². The van der Waals surface area contributed by atoms with Gasteiger partial charge in [0.15, 0.2) is 0 Å². The van der Waals surface area contributed by atoms with Crippen molar-refractivity contribution in [2.45, 2.75) is 32.7 Å². The Morgan fingerprint density at radius 1 is 1.42 bits per heavy atom. The molecule has 0 saturated heterocycles. The molecular weight excluding hydrogens is 260 g/mol. The van der Waals surface area contributed by atoms with Gasteiger partial charge >= 0.3 is 0 Å². The predicted octanol–water partition coefficient (Wildman–Crippen LogP) is 2.34. The van der Waals surface area contributed by atoms with Crippen molar-refractivity contribution in [1.29, 1.82) is 0 Å². The Kier molecular flexibility index (Phi) is 4.81. The second-order valence-electron chi connectivity index (χ2n) is 4.30. The largest absolute Gasteiger partial charge is 0.329 e. The van der Waals surface area contributed by atoms with Crippen LogP contribution in [0.15, 0.2) is 23.1 Å². The minimum atomic E-state index is -0.120. The number of aromatic amines is 1. The summed E-state index contributed by atoms with van der Waals surface area (Å²) in [4.78, 5) is 13.9. The third-order valence-corrected chi connectivity index (χ3v) is 3.90. The molecule has 5 nitrogen and oxygen atoms in total. The van der Waals surface area contributed by atoms with E-state index in [1.54, 1.807) is 23.6 Å². The Hall–Kier alpha value is -1.53. The topological polar surface area (TPSA) is 70.7 Å². The molecular formula is C13H18N4OS. The maximum Gasteiger partial charge on any atom is 0.248 e. The van der Waals surface area contributed by atoms with Crippen LogP contribution in [0, 0.1) is 0 Å². The molecule has 0 aliphatic heterocycles. The molecule has 0 radical (unpaired) electrons. The van der Waals surface area contributed by atoms with Gasteiger partial charge in [0.05, 0.1) is 6.04 Å². The summed E-state index contributed by atoms with van der Waals surface area (Å²) < 4.78 is 0. The van der Waals surface area contributed by atoms with Gasteiger partial charge in [-0.25, -0.2) is 0 Å². The first-order valence-corrected chi connectivity index (χ1v) is 7.32. The number of pyridine rings is 1. The van der Waals surface area contributed by atoms with Gasteiger partial charge in [-0.05, 0) is 25.5 Å². The van der Waals surface area contributed by atoms with Crippen LogP contribution in [0.4, 0.5) is 0 Å². The monoisotopic (exact) mass is 278 g/mol. The minimum Gasteiger partial charge on any atom is -0.329 e. The molecule has 1 unspecified atom stereocenters. The lowest BCUT2D eigenvalue weighted by atomic mass is 10.2. The molecule has 19 heavy (non-hydrogen) atoms. The highest BCUT2D eigenvalue weighted by Gasteiger charge is 2.15. The summed E-state index contributed by atoms with van der Waals surface area (Å²) in [5, 5.41) is 13.6. The molecule has 0 amide bonds. The van der Waals surface area contributed by atoms with E-state index in [-0.39, 0.29) is 11.6 Å². The lowest BCUT2D eigenvalue weighted by molar-refractivity contribution is 0.513. The van der Waals surface area contributed by atoms with Gasteiger partial charge in [0.1, 0.15) is 10.0 Å². The number of aromatic nitrogens is 3. The maximum atomic E-state index is 11.3. The highest BCUT2D eigenvalue weighted by molar-refractivity contribution is 7.14. The van der Waals surface area contributed by atoms with Crippen LogP contribution < -0.4 is 10.9 Å². The van der Waals surface area contributed by atoms with Crippen molar-refractivity contribution < 1.29 is 0 Å². The van der Waals surface area contributed by atoms with Crippen LogP contribution in [-0.4, -0.2) is 21.7 Å². The number of nitrogens with one attached hydrogen (secondary N) is 2. The normalized spacial score (nSPS) is 12.5. The highest BCUT2D eigenvalue weighted by Crippen LogP contribution is 2.27. The number of rotatable bonds is 6.